The van der Waals surface area contributed by atoms with Crippen LogP contribution in [0.5, 0.6) is 0 Å². The van der Waals surface area contributed by atoms with Gasteiger partial charge in [-0.15, -0.1) is 0 Å². The lowest BCUT2D eigenvalue weighted by atomic mass is 10.0. The van der Waals surface area contributed by atoms with E-state index in [0.717, 1.165) is 18.4 Å². The van der Waals surface area contributed by atoms with Crippen LogP contribution in [-0.2, 0) is 21.2 Å². The number of aliphatic imine (C=N–C) groups is 1. The normalized spacial score (nSPS) is 13.6. The van der Waals surface area contributed by atoms with Gasteiger partial charge in [-0.05, 0) is 36.6 Å². The molecule has 0 atom stereocenters. The van der Waals surface area contributed by atoms with Gasteiger partial charge in [0, 0.05) is 37.1 Å². The fourth-order valence-electron chi connectivity index (χ4n) is 3.10. The van der Waals surface area contributed by atoms with Gasteiger partial charge < -0.3 is 5.32 Å². The molecule has 7 nitrogen and oxygen atoms in total. The van der Waals surface area contributed by atoms with Crippen LogP contribution in [0.1, 0.15) is 48.5 Å². The average molecular weight is 428 g/mol. The average Bonchev–Trinajstić information content (AvgIpc) is 3.24. The lowest BCUT2D eigenvalue weighted by Crippen LogP contribution is -2.29. The van der Waals surface area contributed by atoms with Gasteiger partial charge in [-0.3, -0.25) is 19.3 Å². The molecular formula is C22H25N3O4S. The minimum absolute atomic E-state index is 0.0143. The van der Waals surface area contributed by atoms with E-state index >= 15 is 0 Å². The summed E-state index contributed by atoms with van der Waals surface area (Å²) in [6, 6.07) is 13.4. The van der Waals surface area contributed by atoms with Crippen molar-refractivity contribution < 1.29 is 18.0 Å². The van der Waals surface area contributed by atoms with Gasteiger partial charge in [0.05, 0.1) is 4.90 Å². The van der Waals surface area contributed by atoms with Crippen molar-refractivity contribution in [3.05, 3.63) is 59.7 Å². The molecule has 0 fully saturated rings. The Bertz CT molecular complexity index is 1060. The van der Waals surface area contributed by atoms with E-state index in [1.165, 1.54) is 12.1 Å². The monoisotopic (exact) mass is 427 g/mol. The molecule has 0 radical (unpaired) electrons. The number of aryl methyl sites for hydroxylation is 1. The van der Waals surface area contributed by atoms with Crippen LogP contribution >= 0.6 is 0 Å². The maximum atomic E-state index is 12.5. The van der Waals surface area contributed by atoms with Crippen molar-refractivity contribution in [2.45, 2.75) is 43.9 Å². The molecular weight excluding hydrogens is 402 g/mol. The second-order valence-electron chi connectivity index (χ2n) is 7.09. The lowest BCUT2D eigenvalue weighted by molar-refractivity contribution is -0.116. The first-order chi connectivity index (χ1) is 14.4. The molecule has 8 heteroatoms. The molecule has 0 spiro atoms. The highest BCUT2D eigenvalue weighted by molar-refractivity contribution is 7.90. The van der Waals surface area contributed by atoms with Crippen molar-refractivity contribution in [3.8, 4) is 0 Å². The van der Waals surface area contributed by atoms with Crippen LogP contribution in [0, 0.1) is 0 Å². The van der Waals surface area contributed by atoms with Crippen LogP contribution in [0.2, 0.25) is 0 Å². The number of benzene rings is 2. The van der Waals surface area contributed by atoms with Crippen LogP contribution in [0.3, 0.4) is 0 Å². The standard InChI is InChI=1S/C22H25N3O4S/c1-2-16-8-10-17(11-9-16)20(26)12-13-22(27)24-18-5-3-6-19(15-18)30(28,29)25-21-7-4-14-23-21/h3,5-6,8-11,15H,2,4,7,12-14H2,1H3,(H,23,25)(H,24,27). The van der Waals surface area contributed by atoms with Crippen molar-refractivity contribution in [2.75, 3.05) is 11.9 Å². The molecule has 2 aromatic carbocycles. The minimum Gasteiger partial charge on any atom is -0.326 e. The highest BCUT2D eigenvalue weighted by Crippen LogP contribution is 2.17. The predicted octanol–water partition coefficient (Wildman–Crippen LogP) is 3.32. The lowest BCUT2D eigenvalue weighted by Gasteiger charge is -2.10. The predicted molar refractivity (Wildman–Crippen MR) is 116 cm³/mol. The zero-order valence-corrected chi connectivity index (χ0v) is 17.7. The Kier molecular flexibility index (Phi) is 6.99. The highest BCUT2D eigenvalue weighted by Gasteiger charge is 2.19. The number of ketones is 1. The smallest absolute Gasteiger partial charge is 0.262 e. The number of anilines is 1. The number of amidine groups is 1. The maximum Gasteiger partial charge on any atom is 0.262 e. The number of hydrogen-bond acceptors (Lipinski definition) is 5. The van der Waals surface area contributed by atoms with Crippen LogP contribution in [0.4, 0.5) is 5.69 Å². The Morgan fingerprint density at radius 1 is 1.07 bits per heavy atom. The summed E-state index contributed by atoms with van der Waals surface area (Å²) in [6.45, 7) is 2.66. The molecule has 1 aliphatic heterocycles. The van der Waals surface area contributed by atoms with Crippen molar-refractivity contribution >= 4 is 33.2 Å². The summed E-state index contributed by atoms with van der Waals surface area (Å²) in [5.74, 6) is -0.00297. The van der Waals surface area contributed by atoms with Gasteiger partial charge in [-0.25, -0.2) is 8.42 Å². The first-order valence-corrected chi connectivity index (χ1v) is 11.4. The molecule has 0 bridgehead atoms. The molecule has 3 rings (SSSR count). The van der Waals surface area contributed by atoms with E-state index in [0.29, 0.717) is 30.1 Å². The van der Waals surface area contributed by atoms with Gasteiger partial charge in [0.25, 0.3) is 10.0 Å². The Hall–Kier alpha value is -3.00. The first kappa shape index (κ1) is 21.7. The molecule has 2 aromatic rings. The van der Waals surface area contributed by atoms with Gasteiger partial charge in [-0.2, -0.15) is 0 Å². The third-order valence-electron chi connectivity index (χ3n) is 4.82. The zero-order chi connectivity index (χ0) is 21.6. The molecule has 0 unspecified atom stereocenters. The number of carbonyl (C=O) groups is 2. The van der Waals surface area contributed by atoms with Gasteiger partial charge in [-0.1, -0.05) is 37.3 Å². The highest BCUT2D eigenvalue weighted by atomic mass is 32.2. The van der Waals surface area contributed by atoms with E-state index in [9.17, 15) is 18.0 Å². The topological polar surface area (TPSA) is 105 Å². The summed E-state index contributed by atoms with van der Waals surface area (Å²) in [5, 5.41) is 2.66. The number of nitrogens with zero attached hydrogens (tertiary/aromatic N) is 1. The van der Waals surface area contributed by atoms with Crippen LogP contribution in [-0.4, -0.2) is 32.5 Å². The molecule has 158 valence electrons. The van der Waals surface area contributed by atoms with Crippen molar-refractivity contribution in [3.63, 3.8) is 0 Å². The van der Waals surface area contributed by atoms with E-state index < -0.39 is 10.0 Å². The second kappa shape index (κ2) is 9.67. The van der Waals surface area contributed by atoms with Gasteiger partial charge in [0.15, 0.2) is 5.78 Å². The number of rotatable bonds is 8. The molecule has 0 saturated carbocycles. The fourth-order valence-corrected chi connectivity index (χ4v) is 4.23. The minimum atomic E-state index is -3.76. The molecule has 1 aliphatic rings. The van der Waals surface area contributed by atoms with E-state index in [4.69, 9.17) is 0 Å². The Labute approximate surface area is 176 Å². The second-order valence-corrected chi connectivity index (χ2v) is 8.77. The molecule has 1 heterocycles. The third kappa shape index (κ3) is 5.76. The zero-order valence-electron chi connectivity index (χ0n) is 16.8. The quantitative estimate of drug-likeness (QED) is 0.631. The number of nitrogens with one attached hydrogen (secondary N) is 2. The molecule has 0 aromatic heterocycles. The number of sulfonamides is 1. The van der Waals surface area contributed by atoms with Gasteiger partial charge in [0.1, 0.15) is 5.84 Å². The van der Waals surface area contributed by atoms with E-state index in [2.05, 4.69) is 15.0 Å². The number of hydrogen-bond donors (Lipinski definition) is 2. The van der Waals surface area contributed by atoms with Gasteiger partial charge in [0.2, 0.25) is 5.91 Å². The maximum absolute atomic E-state index is 12.5. The third-order valence-corrected chi connectivity index (χ3v) is 6.20. The van der Waals surface area contributed by atoms with E-state index in [-0.39, 0.29) is 29.4 Å². The summed E-state index contributed by atoms with van der Waals surface area (Å²) in [4.78, 5) is 28.7. The largest absolute Gasteiger partial charge is 0.326 e. The van der Waals surface area contributed by atoms with E-state index in [1.54, 1.807) is 24.3 Å². The first-order valence-electron chi connectivity index (χ1n) is 9.95. The number of carbonyl (C=O) groups excluding carboxylic acids is 2. The summed E-state index contributed by atoms with van der Waals surface area (Å²) in [6.07, 6.45) is 2.42. The van der Waals surface area contributed by atoms with Crippen LogP contribution < -0.4 is 10.0 Å². The summed E-state index contributed by atoms with van der Waals surface area (Å²) in [5.41, 5.74) is 2.08. The molecule has 30 heavy (non-hydrogen) atoms. The Morgan fingerprint density at radius 3 is 2.50 bits per heavy atom. The van der Waals surface area contributed by atoms with Crippen LogP contribution in [0.15, 0.2) is 58.4 Å². The van der Waals surface area contributed by atoms with Crippen molar-refractivity contribution in [1.82, 2.24) is 4.72 Å². The molecule has 2 N–H and O–H groups in total. The summed E-state index contributed by atoms with van der Waals surface area (Å²) >= 11 is 0. The summed E-state index contributed by atoms with van der Waals surface area (Å²) < 4.78 is 27.5. The van der Waals surface area contributed by atoms with E-state index in [1.807, 2.05) is 19.1 Å². The number of Topliss-reactive ketones (excluding diaryl/α,β-unsaturated/α-hetero) is 1. The Morgan fingerprint density at radius 2 is 1.83 bits per heavy atom. The summed E-state index contributed by atoms with van der Waals surface area (Å²) in [7, 11) is -3.76. The number of amides is 1. The van der Waals surface area contributed by atoms with Crippen LogP contribution in [0.25, 0.3) is 0 Å². The molecule has 0 saturated heterocycles. The van der Waals surface area contributed by atoms with Crippen molar-refractivity contribution in [1.29, 1.82) is 0 Å². The Balaban J connectivity index is 1.57. The molecule has 0 aliphatic carbocycles. The fraction of sp³-hybridized carbons (Fsp3) is 0.318. The van der Waals surface area contributed by atoms with Gasteiger partial charge >= 0.3 is 0 Å². The van der Waals surface area contributed by atoms with Crippen molar-refractivity contribution in [2.24, 2.45) is 4.99 Å². The molecule has 1 amide bonds. The SMILES string of the molecule is CCc1ccc(C(=O)CCC(=O)Nc2cccc(S(=O)(=O)NC3=NCCC3)c2)cc1.